The maximum absolute atomic E-state index is 12.6. The van der Waals surface area contributed by atoms with Crippen LogP contribution in [0.4, 0.5) is 15.8 Å². The fourth-order valence-corrected chi connectivity index (χ4v) is 1.01. The maximum atomic E-state index is 12.6. The molecule has 2 N–H and O–H groups in total. The van der Waals surface area contributed by atoms with Crippen LogP contribution < -0.4 is 5.73 Å². The van der Waals surface area contributed by atoms with Crippen LogP contribution in [-0.2, 0) is 0 Å². The number of nitro groups is 1. The zero-order valence-corrected chi connectivity index (χ0v) is 6.37. The van der Waals surface area contributed by atoms with Crippen LogP contribution in [0.1, 0.15) is 5.56 Å². The van der Waals surface area contributed by atoms with E-state index in [-0.39, 0.29) is 16.9 Å². The highest BCUT2D eigenvalue weighted by Crippen LogP contribution is 2.26. The molecule has 64 valence electrons. The highest BCUT2D eigenvalue weighted by atomic mass is 19.1. The van der Waals surface area contributed by atoms with Gasteiger partial charge in [0.2, 0.25) is 0 Å². The van der Waals surface area contributed by atoms with Crippen LogP contribution in [0.3, 0.4) is 0 Å². The first kappa shape index (κ1) is 8.45. The summed E-state index contributed by atoms with van der Waals surface area (Å²) in [5.74, 6) is -0.560. The second-order valence-corrected chi connectivity index (χ2v) is 2.42. The number of anilines is 1. The third-order valence-electron chi connectivity index (χ3n) is 1.48. The smallest absolute Gasteiger partial charge is 0.295 e. The Morgan fingerprint density at radius 2 is 2.17 bits per heavy atom. The monoisotopic (exact) mass is 170 g/mol. The molecule has 0 heterocycles. The average Bonchev–Trinajstić information content (AvgIpc) is 1.82. The molecule has 0 radical (unpaired) electrons. The van der Waals surface area contributed by atoms with Crippen LogP contribution in [0, 0.1) is 22.9 Å². The van der Waals surface area contributed by atoms with Gasteiger partial charge in [0.1, 0.15) is 11.5 Å². The minimum absolute atomic E-state index is 0.141. The van der Waals surface area contributed by atoms with E-state index in [1.54, 1.807) is 0 Å². The van der Waals surface area contributed by atoms with Crippen molar-refractivity contribution >= 4 is 11.4 Å². The van der Waals surface area contributed by atoms with Gasteiger partial charge in [-0.1, -0.05) is 0 Å². The Morgan fingerprint density at radius 1 is 1.58 bits per heavy atom. The molecule has 5 heteroatoms. The van der Waals surface area contributed by atoms with Crippen LogP contribution in [0.25, 0.3) is 0 Å². The Hall–Kier alpha value is -1.65. The van der Waals surface area contributed by atoms with Gasteiger partial charge in [-0.2, -0.15) is 0 Å². The standard InChI is InChI=1S/C7H7FN2O2/c1-4-2-5(8)3-6(9)7(4)10(11)12/h2-3H,9H2,1H3. The second kappa shape index (κ2) is 2.77. The molecular weight excluding hydrogens is 163 g/mol. The number of nitro benzene ring substituents is 1. The van der Waals surface area contributed by atoms with Crippen molar-refractivity contribution in [2.75, 3.05) is 5.73 Å². The topological polar surface area (TPSA) is 69.2 Å². The number of hydrogen-bond acceptors (Lipinski definition) is 3. The Balaban J connectivity index is 3.38. The first-order valence-electron chi connectivity index (χ1n) is 3.22. The first-order valence-corrected chi connectivity index (χ1v) is 3.22. The Morgan fingerprint density at radius 3 is 2.58 bits per heavy atom. The molecule has 0 atom stereocenters. The molecule has 0 bridgehead atoms. The third kappa shape index (κ3) is 1.34. The lowest BCUT2D eigenvalue weighted by Crippen LogP contribution is -1.98. The summed E-state index contributed by atoms with van der Waals surface area (Å²) in [7, 11) is 0. The number of aryl methyl sites for hydroxylation is 1. The largest absolute Gasteiger partial charge is 0.393 e. The van der Waals surface area contributed by atoms with Gasteiger partial charge in [-0.05, 0) is 13.0 Å². The van der Waals surface area contributed by atoms with Crippen molar-refractivity contribution < 1.29 is 9.31 Å². The summed E-state index contributed by atoms with van der Waals surface area (Å²) in [6, 6.07) is 2.01. The first-order chi connectivity index (χ1) is 5.52. The Labute approximate surface area is 68.0 Å². The fraction of sp³-hybridized carbons (Fsp3) is 0.143. The number of rotatable bonds is 1. The molecule has 12 heavy (non-hydrogen) atoms. The number of nitrogens with zero attached hydrogens (tertiary/aromatic N) is 1. The van der Waals surface area contributed by atoms with Crippen LogP contribution in [-0.4, -0.2) is 4.92 Å². The fourth-order valence-electron chi connectivity index (χ4n) is 1.01. The molecule has 1 aromatic carbocycles. The van der Waals surface area contributed by atoms with Crippen molar-refractivity contribution in [1.29, 1.82) is 0 Å². The average molecular weight is 170 g/mol. The summed E-state index contributed by atoms with van der Waals surface area (Å²) in [6.45, 7) is 1.44. The van der Waals surface area contributed by atoms with Gasteiger partial charge in [0, 0.05) is 11.6 Å². The molecule has 0 amide bonds. The van der Waals surface area contributed by atoms with Gasteiger partial charge >= 0.3 is 0 Å². The highest BCUT2D eigenvalue weighted by Gasteiger charge is 2.15. The van der Waals surface area contributed by atoms with Crippen molar-refractivity contribution in [1.82, 2.24) is 0 Å². The lowest BCUT2D eigenvalue weighted by molar-refractivity contribution is -0.384. The summed E-state index contributed by atoms with van der Waals surface area (Å²) in [4.78, 5) is 9.74. The van der Waals surface area contributed by atoms with Crippen molar-refractivity contribution in [2.45, 2.75) is 6.92 Å². The molecule has 0 fully saturated rings. The second-order valence-electron chi connectivity index (χ2n) is 2.42. The van der Waals surface area contributed by atoms with Crippen molar-refractivity contribution in [3.05, 3.63) is 33.6 Å². The Kier molecular flexibility index (Phi) is 1.95. The van der Waals surface area contributed by atoms with E-state index in [2.05, 4.69) is 0 Å². The summed E-state index contributed by atoms with van der Waals surface area (Å²) >= 11 is 0. The van der Waals surface area contributed by atoms with Gasteiger partial charge in [0.15, 0.2) is 0 Å². The summed E-state index contributed by atoms with van der Waals surface area (Å²) in [5, 5.41) is 10.4. The third-order valence-corrected chi connectivity index (χ3v) is 1.48. The van der Waals surface area contributed by atoms with Gasteiger partial charge in [-0.15, -0.1) is 0 Å². The van der Waals surface area contributed by atoms with E-state index < -0.39 is 10.7 Å². The molecule has 0 spiro atoms. The number of hydrogen-bond donors (Lipinski definition) is 1. The minimum Gasteiger partial charge on any atom is -0.393 e. The summed E-state index contributed by atoms with van der Waals surface area (Å²) in [5.41, 5.74) is 5.11. The zero-order chi connectivity index (χ0) is 9.30. The van der Waals surface area contributed by atoms with E-state index in [4.69, 9.17) is 5.73 Å². The molecule has 0 saturated carbocycles. The highest BCUT2D eigenvalue weighted by molar-refractivity contribution is 5.62. The van der Waals surface area contributed by atoms with Gasteiger partial charge in [0.25, 0.3) is 5.69 Å². The Bertz CT molecular complexity index is 315. The lowest BCUT2D eigenvalue weighted by atomic mass is 10.1. The number of halogens is 1. The summed E-state index contributed by atoms with van der Waals surface area (Å²) in [6.07, 6.45) is 0. The number of nitrogen functional groups attached to an aromatic ring is 1. The molecular formula is C7H7FN2O2. The molecule has 0 aliphatic carbocycles. The van der Waals surface area contributed by atoms with Crippen molar-refractivity contribution in [3.8, 4) is 0 Å². The van der Waals surface area contributed by atoms with Crippen LogP contribution in [0.5, 0.6) is 0 Å². The molecule has 4 nitrogen and oxygen atoms in total. The van der Waals surface area contributed by atoms with Gasteiger partial charge in [-0.3, -0.25) is 10.1 Å². The zero-order valence-electron chi connectivity index (χ0n) is 6.37. The van der Waals surface area contributed by atoms with Gasteiger partial charge in [-0.25, -0.2) is 4.39 Å². The number of benzene rings is 1. The molecule has 1 aromatic rings. The van der Waals surface area contributed by atoms with E-state index in [1.165, 1.54) is 6.92 Å². The normalized spacial score (nSPS) is 9.83. The van der Waals surface area contributed by atoms with Crippen molar-refractivity contribution in [2.24, 2.45) is 0 Å². The van der Waals surface area contributed by atoms with E-state index in [0.717, 1.165) is 12.1 Å². The van der Waals surface area contributed by atoms with E-state index in [0.29, 0.717) is 0 Å². The lowest BCUT2D eigenvalue weighted by Gasteiger charge is -1.99. The van der Waals surface area contributed by atoms with Crippen molar-refractivity contribution in [3.63, 3.8) is 0 Å². The molecule has 0 aromatic heterocycles. The van der Waals surface area contributed by atoms with Crippen LogP contribution >= 0.6 is 0 Å². The van der Waals surface area contributed by atoms with Gasteiger partial charge in [0.05, 0.1) is 4.92 Å². The predicted molar refractivity (Wildman–Crippen MR) is 42.2 cm³/mol. The van der Waals surface area contributed by atoms with E-state index >= 15 is 0 Å². The van der Waals surface area contributed by atoms with Crippen LogP contribution in [0.15, 0.2) is 12.1 Å². The SMILES string of the molecule is Cc1cc(F)cc(N)c1[N+](=O)[O-]. The molecule has 0 unspecified atom stereocenters. The summed E-state index contributed by atoms with van der Waals surface area (Å²) < 4.78 is 12.6. The quantitative estimate of drug-likeness (QED) is 0.395. The van der Waals surface area contributed by atoms with Crippen LogP contribution in [0.2, 0.25) is 0 Å². The molecule has 0 aliphatic rings. The molecule has 1 rings (SSSR count). The predicted octanol–water partition coefficient (Wildman–Crippen LogP) is 1.62. The maximum Gasteiger partial charge on any atom is 0.295 e. The minimum atomic E-state index is -0.621. The van der Waals surface area contributed by atoms with Gasteiger partial charge < -0.3 is 5.73 Å². The number of nitrogens with two attached hydrogens (primary N) is 1. The molecule has 0 aliphatic heterocycles. The van der Waals surface area contributed by atoms with E-state index in [9.17, 15) is 14.5 Å². The van der Waals surface area contributed by atoms with E-state index in [1.807, 2.05) is 0 Å². The molecule has 0 saturated heterocycles.